The molecule has 6 aromatic rings. The van der Waals surface area contributed by atoms with E-state index in [1.165, 1.54) is 70.0 Å². The Kier molecular flexibility index (Phi) is 9.30. The molecule has 0 N–H and O–H groups in total. The van der Waals surface area contributed by atoms with Gasteiger partial charge in [-0.3, -0.25) is 0 Å². The van der Waals surface area contributed by atoms with Gasteiger partial charge in [0.25, 0.3) is 0 Å². The molecule has 0 saturated heterocycles. The van der Waals surface area contributed by atoms with Gasteiger partial charge in [-0.25, -0.2) is 0 Å². The average molecular weight is 792 g/mol. The van der Waals surface area contributed by atoms with Crippen LogP contribution in [0, 0.1) is 3.57 Å². The highest BCUT2D eigenvalue weighted by atomic mass is 127. The maximum absolute atomic E-state index is 3.66. The van der Waals surface area contributed by atoms with Gasteiger partial charge in [-0.05, 0) is 126 Å². The minimum Gasteiger partial charge on any atom is -0.0656 e. The monoisotopic (exact) mass is 790 g/mol. The maximum Gasteiger partial charge on any atom is 0.0776 e. The van der Waals surface area contributed by atoms with E-state index in [0.29, 0.717) is 0 Å². The van der Waals surface area contributed by atoms with Crippen LogP contribution in [-0.4, -0.2) is 8.07 Å². The van der Waals surface area contributed by atoms with Crippen LogP contribution in [0.25, 0.3) is 55.6 Å². The predicted octanol–water partition coefficient (Wildman–Crippen LogP) is 13.2. The summed E-state index contributed by atoms with van der Waals surface area (Å²) in [7, 11) is -1.41. The minimum absolute atomic E-state index is 0.109. The van der Waals surface area contributed by atoms with E-state index in [9.17, 15) is 0 Å². The molecule has 0 unspecified atom stereocenters. The van der Waals surface area contributed by atoms with Crippen molar-refractivity contribution in [1.82, 2.24) is 0 Å². The SMILES string of the molecule is CC(C)(C)c1ccc(-c2cc(-c3ccc(I)cc3)c(-c3ccc(Br)cc3)c(-c3ccc(-c4cccc([Si](C)(C)C)c4)cc3)c2)cc1. The van der Waals surface area contributed by atoms with E-state index in [1.54, 1.807) is 0 Å². The van der Waals surface area contributed by atoms with Crippen molar-refractivity contribution in [3.8, 4) is 55.6 Å². The molecule has 0 aliphatic heterocycles. The molecular formula is C43H40BrISi. The molecule has 0 spiro atoms. The van der Waals surface area contributed by atoms with Crippen molar-refractivity contribution in [2.45, 2.75) is 45.8 Å². The molecule has 0 nitrogen and oxygen atoms in total. The van der Waals surface area contributed by atoms with Crippen LogP contribution in [0.4, 0.5) is 0 Å². The normalized spacial score (nSPS) is 11.9. The first-order valence-electron chi connectivity index (χ1n) is 15.9. The van der Waals surface area contributed by atoms with Gasteiger partial charge in [0.2, 0.25) is 0 Å². The van der Waals surface area contributed by atoms with Crippen LogP contribution in [0.3, 0.4) is 0 Å². The first-order valence-corrected chi connectivity index (χ1v) is 21.3. The fourth-order valence-electron chi connectivity index (χ4n) is 5.99. The summed E-state index contributed by atoms with van der Waals surface area (Å²) in [4.78, 5) is 0. The Morgan fingerprint density at radius 1 is 0.500 bits per heavy atom. The second-order valence-electron chi connectivity index (χ2n) is 14.2. The molecule has 0 aromatic heterocycles. The zero-order valence-corrected chi connectivity index (χ0v) is 32.2. The standard InChI is InChI=1S/C43H40BrISi/c1-43(2,3)36-20-14-30(15-21-36)35-27-40(31-12-10-29(11-13-31)34-8-7-9-39(26-34)46(4,5)6)42(33-16-22-37(44)23-17-33)41(28-35)32-18-24-38(45)25-19-32/h7-28H,1-6H3. The molecule has 0 atom stereocenters. The zero-order chi connectivity index (χ0) is 32.6. The molecular weight excluding hydrogens is 751 g/mol. The van der Waals surface area contributed by atoms with Crippen molar-refractivity contribution in [3.63, 3.8) is 0 Å². The summed E-state index contributed by atoms with van der Waals surface area (Å²) >= 11 is 6.06. The van der Waals surface area contributed by atoms with Crippen molar-refractivity contribution in [2.75, 3.05) is 0 Å². The van der Waals surface area contributed by atoms with Crippen LogP contribution in [0.15, 0.2) is 138 Å². The molecule has 0 amide bonds. The highest BCUT2D eigenvalue weighted by molar-refractivity contribution is 14.1. The van der Waals surface area contributed by atoms with Gasteiger partial charge in [0, 0.05) is 8.04 Å². The molecule has 0 radical (unpaired) electrons. The fourth-order valence-corrected chi connectivity index (χ4v) is 7.80. The molecule has 0 saturated carbocycles. The minimum atomic E-state index is -1.41. The maximum atomic E-state index is 3.66. The second kappa shape index (κ2) is 13.1. The molecule has 0 bridgehead atoms. The Morgan fingerprint density at radius 3 is 1.52 bits per heavy atom. The van der Waals surface area contributed by atoms with Gasteiger partial charge in [0.1, 0.15) is 0 Å². The lowest BCUT2D eigenvalue weighted by Gasteiger charge is -2.21. The van der Waals surface area contributed by atoms with Crippen molar-refractivity contribution >= 4 is 51.8 Å². The number of hydrogen-bond donors (Lipinski definition) is 0. The van der Waals surface area contributed by atoms with Crippen LogP contribution in [-0.2, 0) is 5.41 Å². The zero-order valence-electron chi connectivity index (χ0n) is 27.5. The highest BCUT2D eigenvalue weighted by Crippen LogP contribution is 2.44. The van der Waals surface area contributed by atoms with E-state index in [2.05, 4.69) is 212 Å². The number of benzene rings is 6. The van der Waals surface area contributed by atoms with Crippen molar-refractivity contribution in [3.05, 3.63) is 147 Å². The Hall–Kier alpha value is -3.25. The van der Waals surface area contributed by atoms with Crippen LogP contribution in [0.2, 0.25) is 19.6 Å². The quantitative estimate of drug-likeness (QED) is 0.116. The van der Waals surface area contributed by atoms with Gasteiger partial charge >= 0.3 is 0 Å². The molecule has 3 heteroatoms. The molecule has 6 rings (SSSR count). The molecule has 46 heavy (non-hydrogen) atoms. The summed E-state index contributed by atoms with van der Waals surface area (Å²) in [5.41, 5.74) is 13.8. The van der Waals surface area contributed by atoms with Gasteiger partial charge in [-0.1, -0.05) is 159 Å². The van der Waals surface area contributed by atoms with E-state index in [1.807, 2.05) is 0 Å². The fraction of sp³-hybridized carbons (Fsp3) is 0.163. The third-order valence-electron chi connectivity index (χ3n) is 8.77. The van der Waals surface area contributed by atoms with E-state index < -0.39 is 8.07 Å². The number of hydrogen-bond acceptors (Lipinski definition) is 0. The van der Waals surface area contributed by atoms with Crippen LogP contribution >= 0.6 is 38.5 Å². The predicted molar refractivity (Wildman–Crippen MR) is 216 cm³/mol. The van der Waals surface area contributed by atoms with Gasteiger partial charge in [-0.2, -0.15) is 0 Å². The Balaban J connectivity index is 1.57. The van der Waals surface area contributed by atoms with Crippen molar-refractivity contribution < 1.29 is 0 Å². The lowest BCUT2D eigenvalue weighted by molar-refractivity contribution is 0.590. The van der Waals surface area contributed by atoms with Crippen LogP contribution in [0.1, 0.15) is 26.3 Å². The lowest BCUT2D eigenvalue weighted by Crippen LogP contribution is -2.37. The summed E-state index contributed by atoms with van der Waals surface area (Å²) in [6, 6.07) is 49.9. The lowest BCUT2D eigenvalue weighted by atomic mass is 9.83. The largest absolute Gasteiger partial charge is 0.0776 e. The average Bonchev–Trinajstić information content (AvgIpc) is 3.04. The second-order valence-corrected chi connectivity index (χ2v) is 21.4. The van der Waals surface area contributed by atoms with Crippen LogP contribution in [0.5, 0.6) is 0 Å². The summed E-state index contributed by atoms with van der Waals surface area (Å²) < 4.78 is 2.31. The van der Waals surface area contributed by atoms with E-state index in [0.717, 1.165) is 4.47 Å². The van der Waals surface area contributed by atoms with Crippen LogP contribution < -0.4 is 5.19 Å². The topological polar surface area (TPSA) is 0 Å². The van der Waals surface area contributed by atoms with Gasteiger partial charge in [-0.15, -0.1) is 0 Å². The molecule has 0 aliphatic carbocycles. The Bertz CT molecular complexity index is 1980. The highest BCUT2D eigenvalue weighted by Gasteiger charge is 2.20. The molecule has 0 aliphatic rings. The van der Waals surface area contributed by atoms with Crippen molar-refractivity contribution in [2.24, 2.45) is 0 Å². The first-order chi connectivity index (χ1) is 21.9. The summed E-state index contributed by atoms with van der Waals surface area (Å²) in [5, 5.41) is 1.49. The van der Waals surface area contributed by atoms with Gasteiger partial charge < -0.3 is 0 Å². The third-order valence-corrected chi connectivity index (χ3v) is 12.1. The molecule has 0 fully saturated rings. The van der Waals surface area contributed by atoms with E-state index in [4.69, 9.17) is 0 Å². The van der Waals surface area contributed by atoms with E-state index >= 15 is 0 Å². The van der Waals surface area contributed by atoms with Gasteiger partial charge in [0.15, 0.2) is 0 Å². The number of rotatable bonds is 6. The summed E-state index contributed by atoms with van der Waals surface area (Å²) in [6.07, 6.45) is 0. The Labute approximate surface area is 298 Å². The molecule has 0 heterocycles. The summed E-state index contributed by atoms with van der Waals surface area (Å²) in [6.45, 7) is 14.0. The number of halogens is 2. The molecule has 230 valence electrons. The smallest absolute Gasteiger partial charge is 0.0656 e. The van der Waals surface area contributed by atoms with Crippen molar-refractivity contribution in [1.29, 1.82) is 0 Å². The summed E-state index contributed by atoms with van der Waals surface area (Å²) in [5.74, 6) is 0. The Morgan fingerprint density at radius 2 is 0.978 bits per heavy atom. The van der Waals surface area contributed by atoms with E-state index in [-0.39, 0.29) is 5.41 Å². The first kappa shape index (κ1) is 32.7. The third kappa shape index (κ3) is 7.17. The van der Waals surface area contributed by atoms with Gasteiger partial charge in [0.05, 0.1) is 8.07 Å². The molecule has 6 aromatic carbocycles.